The van der Waals surface area contributed by atoms with E-state index in [1.165, 1.54) is 0 Å². The number of pyridine rings is 1. The minimum absolute atomic E-state index is 0.0206. The van der Waals surface area contributed by atoms with Gasteiger partial charge in [-0.3, -0.25) is 14.9 Å². The molecule has 2 amide bonds. The van der Waals surface area contributed by atoms with Crippen LogP contribution in [0.15, 0.2) is 138 Å². The SMILES string of the molecule is CC(C)(C)[Si](C)(C)O[C@H](CNCc1ccc(C(=O)NCCN2CCC(OC(=O)Nc3ccccc3-c3ccccc3)CC2)cc1)c1ccc(OCc2ccccc2)c2[nH]c(=O)ccc12. The van der Waals surface area contributed by atoms with Gasteiger partial charge >= 0.3 is 6.09 Å². The van der Waals surface area contributed by atoms with Gasteiger partial charge in [-0.05, 0) is 83.6 Å². The Hall–Kier alpha value is -6.05. The number of likely N-dealkylation sites (tertiary alicyclic amines) is 1. The summed E-state index contributed by atoms with van der Waals surface area (Å²) in [6.07, 6.45) is 0.550. The molecule has 1 saturated heterocycles. The molecule has 1 aromatic heterocycles. The summed E-state index contributed by atoms with van der Waals surface area (Å²) >= 11 is 0. The molecular weight excluding hydrogens is 819 g/mol. The van der Waals surface area contributed by atoms with Gasteiger partial charge in [0.15, 0.2) is 8.32 Å². The van der Waals surface area contributed by atoms with Crippen molar-refractivity contribution in [3.05, 3.63) is 166 Å². The molecule has 12 heteroatoms. The van der Waals surface area contributed by atoms with Crippen molar-refractivity contribution in [3.8, 4) is 16.9 Å². The number of hydrogen-bond donors (Lipinski definition) is 4. The maximum absolute atomic E-state index is 13.1. The van der Waals surface area contributed by atoms with E-state index in [4.69, 9.17) is 13.9 Å². The molecule has 334 valence electrons. The lowest BCUT2D eigenvalue weighted by atomic mass is 10.0. The average Bonchev–Trinajstić information content (AvgIpc) is 3.29. The molecule has 11 nitrogen and oxygen atoms in total. The molecule has 6 aromatic rings. The van der Waals surface area contributed by atoms with Crippen LogP contribution in [0.4, 0.5) is 10.5 Å². The first-order valence-electron chi connectivity index (χ1n) is 22.3. The number of anilines is 1. The van der Waals surface area contributed by atoms with Gasteiger partial charge in [-0.15, -0.1) is 0 Å². The van der Waals surface area contributed by atoms with Gasteiger partial charge in [0.1, 0.15) is 18.5 Å². The number of para-hydroxylation sites is 1. The minimum atomic E-state index is -2.24. The van der Waals surface area contributed by atoms with Gasteiger partial charge in [-0.2, -0.15) is 0 Å². The van der Waals surface area contributed by atoms with Gasteiger partial charge in [0.05, 0.1) is 17.3 Å². The van der Waals surface area contributed by atoms with E-state index in [0.29, 0.717) is 55.3 Å². The first-order valence-corrected chi connectivity index (χ1v) is 25.2. The molecule has 0 unspecified atom stereocenters. The van der Waals surface area contributed by atoms with Gasteiger partial charge in [-0.1, -0.05) is 118 Å². The maximum atomic E-state index is 13.1. The second-order valence-electron chi connectivity index (χ2n) is 18.0. The largest absolute Gasteiger partial charge is 0.487 e. The van der Waals surface area contributed by atoms with E-state index in [2.05, 4.69) is 65.8 Å². The number of fused-ring (bicyclic) bond motifs is 1. The topological polar surface area (TPSA) is 134 Å². The minimum Gasteiger partial charge on any atom is -0.487 e. The number of aromatic amines is 1. The molecule has 1 aliphatic heterocycles. The summed E-state index contributed by atoms with van der Waals surface area (Å²) in [4.78, 5) is 43.9. The molecule has 0 spiro atoms. The zero-order valence-electron chi connectivity index (χ0n) is 37.6. The van der Waals surface area contributed by atoms with Crippen molar-refractivity contribution in [1.82, 2.24) is 20.5 Å². The molecule has 1 atom stereocenters. The number of ether oxygens (including phenoxy) is 2. The quantitative estimate of drug-likeness (QED) is 0.0666. The van der Waals surface area contributed by atoms with Crippen molar-refractivity contribution in [2.45, 2.75) is 77.1 Å². The Morgan fingerprint density at radius 2 is 1.50 bits per heavy atom. The third-order valence-corrected chi connectivity index (χ3v) is 16.8. The highest BCUT2D eigenvalue weighted by Gasteiger charge is 2.40. The second-order valence-corrected chi connectivity index (χ2v) is 22.7. The van der Waals surface area contributed by atoms with Gasteiger partial charge in [0.25, 0.3) is 5.91 Å². The van der Waals surface area contributed by atoms with Crippen LogP contribution in [0.2, 0.25) is 18.1 Å². The van der Waals surface area contributed by atoms with Gasteiger partial charge in [-0.25, -0.2) is 4.79 Å². The maximum Gasteiger partial charge on any atom is 0.411 e. The van der Waals surface area contributed by atoms with Crippen LogP contribution in [-0.4, -0.2) is 69.0 Å². The third kappa shape index (κ3) is 12.1. The predicted molar refractivity (Wildman–Crippen MR) is 258 cm³/mol. The molecule has 64 heavy (non-hydrogen) atoms. The van der Waals surface area contributed by atoms with Gasteiger partial charge in [0.2, 0.25) is 5.56 Å². The second kappa shape index (κ2) is 21.1. The Morgan fingerprint density at radius 3 is 2.22 bits per heavy atom. The monoisotopic (exact) mass is 879 g/mol. The Morgan fingerprint density at radius 1 is 0.812 bits per heavy atom. The zero-order valence-corrected chi connectivity index (χ0v) is 38.6. The highest BCUT2D eigenvalue weighted by atomic mass is 28.4. The molecule has 7 rings (SSSR count). The van der Waals surface area contributed by atoms with Crippen molar-refractivity contribution in [2.75, 3.05) is 38.0 Å². The lowest BCUT2D eigenvalue weighted by Crippen LogP contribution is -2.43. The number of aromatic nitrogens is 1. The summed E-state index contributed by atoms with van der Waals surface area (Å²) in [6, 6.07) is 42.7. The number of rotatable bonds is 17. The van der Waals surface area contributed by atoms with Crippen LogP contribution >= 0.6 is 0 Å². The summed E-state index contributed by atoms with van der Waals surface area (Å²) < 4.78 is 19.1. The summed E-state index contributed by atoms with van der Waals surface area (Å²) in [5.41, 5.74) is 6.80. The Kier molecular flexibility index (Phi) is 15.1. The van der Waals surface area contributed by atoms with Crippen molar-refractivity contribution < 1.29 is 23.5 Å². The fourth-order valence-corrected chi connectivity index (χ4v) is 8.96. The number of amides is 2. The molecule has 1 aliphatic rings. The molecule has 0 aliphatic carbocycles. The molecule has 5 aromatic carbocycles. The number of benzene rings is 5. The first-order chi connectivity index (χ1) is 30.8. The standard InChI is InChI=1S/C52H61N5O6Si/c1-52(2,3)64(4,5)63-47(43-24-26-46(49-44(43)25-27-48(58)56-49)61-36-38-14-8-6-9-15-38)35-53-34-37-20-22-40(23-21-37)50(59)54-30-33-57-31-28-41(29-32-57)62-51(60)55-45-19-13-12-18-42(45)39-16-10-7-11-17-39/h6-27,41,47,53H,28-36H2,1-5H3,(H,54,59)(H,55,60)(H,56,58)/t47-/m1/s1. The van der Waals surface area contributed by atoms with E-state index >= 15 is 0 Å². The van der Waals surface area contributed by atoms with E-state index in [1.54, 1.807) is 6.07 Å². The van der Waals surface area contributed by atoms with E-state index < -0.39 is 14.4 Å². The lowest BCUT2D eigenvalue weighted by Gasteiger charge is -2.39. The van der Waals surface area contributed by atoms with E-state index in [9.17, 15) is 14.4 Å². The predicted octanol–water partition coefficient (Wildman–Crippen LogP) is 10.1. The number of hydrogen-bond acceptors (Lipinski definition) is 8. The third-order valence-electron chi connectivity index (χ3n) is 12.4. The number of nitrogens with zero attached hydrogens (tertiary/aromatic N) is 1. The highest BCUT2D eigenvalue weighted by molar-refractivity contribution is 6.74. The smallest absolute Gasteiger partial charge is 0.411 e. The molecule has 4 N–H and O–H groups in total. The van der Waals surface area contributed by atoms with Crippen LogP contribution in [0.25, 0.3) is 22.0 Å². The van der Waals surface area contributed by atoms with Crippen molar-refractivity contribution in [1.29, 1.82) is 0 Å². The Labute approximate surface area is 377 Å². The molecule has 1 fully saturated rings. The first kappa shape index (κ1) is 46.0. The van der Waals surface area contributed by atoms with Crippen LogP contribution in [0.3, 0.4) is 0 Å². The van der Waals surface area contributed by atoms with E-state index in [0.717, 1.165) is 59.1 Å². The number of piperidine rings is 1. The van der Waals surface area contributed by atoms with Crippen molar-refractivity contribution in [3.63, 3.8) is 0 Å². The molecular formula is C52H61N5O6Si. The summed E-state index contributed by atoms with van der Waals surface area (Å²) in [6.45, 7) is 15.5. The lowest BCUT2D eigenvalue weighted by molar-refractivity contribution is 0.0587. The molecule has 0 bridgehead atoms. The summed E-state index contributed by atoms with van der Waals surface area (Å²) in [5.74, 6) is 0.494. The van der Waals surface area contributed by atoms with Crippen LogP contribution < -0.4 is 26.2 Å². The fourth-order valence-electron chi connectivity index (χ4n) is 7.69. The molecule has 0 radical (unpaired) electrons. The molecule has 0 saturated carbocycles. The highest BCUT2D eigenvalue weighted by Crippen LogP contribution is 2.41. The molecule has 2 heterocycles. The fraction of sp³-hybridized carbons (Fsp3) is 0.327. The van der Waals surface area contributed by atoms with Gasteiger partial charge in [0, 0.05) is 61.8 Å². The van der Waals surface area contributed by atoms with Gasteiger partial charge < -0.3 is 34.4 Å². The Balaban J connectivity index is 0.887. The summed E-state index contributed by atoms with van der Waals surface area (Å²) in [5, 5.41) is 10.5. The number of nitrogens with one attached hydrogen (secondary N) is 4. The summed E-state index contributed by atoms with van der Waals surface area (Å²) in [7, 11) is -2.24. The van der Waals surface area contributed by atoms with Crippen LogP contribution in [-0.2, 0) is 22.3 Å². The van der Waals surface area contributed by atoms with Crippen molar-refractivity contribution >= 4 is 36.9 Å². The number of carbonyl (C=O) groups is 2. The van der Waals surface area contributed by atoms with Crippen LogP contribution in [0, 0.1) is 0 Å². The number of H-pyrrole nitrogens is 1. The van der Waals surface area contributed by atoms with Crippen LogP contribution in [0.5, 0.6) is 5.75 Å². The van der Waals surface area contributed by atoms with E-state index in [1.807, 2.05) is 121 Å². The van der Waals surface area contributed by atoms with Crippen molar-refractivity contribution in [2.24, 2.45) is 0 Å². The normalized spacial score (nSPS) is 14.2. The van der Waals surface area contributed by atoms with E-state index in [-0.39, 0.29) is 28.7 Å². The zero-order chi connectivity index (χ0) is 45.1. The number of carbonyl (C=O) groups excluding carboxylic acids is 2. The van der Waals surface area contributed by atoms with Crippen LogP contribution in [0.1, 0.15) is 66.8 Å². The average molecular weight is 880 g/mol. The Bertz CT molecular complexity index is 2530.